The zero-order chi connectivity index (χ0) is 10.4. The Balaban J connectivity index is 2.41. The van der Waals surface area contributed by atoms with Crippen molar-refractivity contribution in [2.75, 3.05) is 0 Å². The van der Waals surface area contributed by atoms with Crippen molar-refractivity contribution in [1.82, 2.24) is 10.3 Å². The van der Waals surface area contributed by atoms with Crippen LogP contribution < -0.4 is 5.32 Å². The smallest absolute Gasteiger partial charge is 0.208 e. The first kappa shape index (κ1) is 10.8. The first-order chi connectivity index (χ1) is 6.80. The summed E-state index contributed by atoms with van der Waals surface area (Å²) in [4.78, 5) is 4.13. The second-order valence-corrected chi connectivity index (χ2v) is 3.08. The van der Waals surface area contributed by atoms with Gasteiger partial charge in [-0.05, 0) is 6.42 Å². The molecule has 76 valence electrons. The topological polar surface area (TPSA) is 38.1 Å². The normalized spacial score (nSPS) is 12.4. The van der Waals surface area contributed by atoms with Crippen LogP contribution in [0.5, 0.6) is 0 Å². The number of nitrogens with zero attached hydrogens (tertiary/aromatic N) is 1. The molecule has 1 unspecified atom stereocenters. The van der Waals surface area contributed by atoms with Crippen LogP contribution >= 0.6 is 0 Å². The van der Waals surface area contributed by atoms with E-state index in [2.05, 4.69) is 16.2 Å². The summed E-state index contributed by atoms with van der Waals surface area (Å²) in [6.07, 6.45) is 8.86. The van der Waals surface area contributed by atoms with Crippen LogP contribution in [-0.2, 0) is 13.0 Å². The molecular weight excluding hydrogens is 176 g/mol. The number of rotatable bonds is 5. The van der Waals surface area contributed by atoms with Gasteiger partial charge in [0.15, 0.2) is 0 Å². The summed E-state index contributed by atoms with van der Waals surface area (Å²) in [7, 11) is 0. The number of aromatic nitrogens is 1. The summed E-state index contributed by atoms with van der Waals surface area (Å²) in [5.41, 5.74) is 0. The van der Waals surface area contributed by atoms with Crippen molar-refractivity contribution >= 4 is 0 Å². The largest absolute Gasteiger partial charge is 0.444 e. The molecule has 0 aliphatic carbocycles. The van der Waals surface area contributed by atoms with Crippen molar-refractivity contribution in [2.24, 2.45) is 0 Å². The molecule has 1 aromatic heterocycles. The average Bonchev–Trinajstić information content (AvgIpc) is 2.67. The SMILES string of the molecule is C#CC(CC)NCc1ncc(CC)o1. The molecule has 3 nitrogen and oxygen atoms in total. The van der Waals surface area contributed by atoms with Crippen LogP contribution in [0, 0.1) is 12.3 Å². The Morgan fingerprint density at radius 2 is 2.43 bits per heavy atom. The van der Waals surface area contributed by atoms with E-state index in [9.17, 15) is 0 Å². The van der Waals surface area contributed by atoms with Gasteiger partial charge in [0, 0.05) is 6.42 Å². The quantitative estimate of drug-likeness (QED) is 0.722. The van der Waals surface area contributed by atoms with E-state index in [1.165, 1.54) is 0 Å². The van der Waals surface area contributed by atoms with E-state index in [0.717, 1.165) is 18.6 Å². The molecule has 0 saturated heterocycles. The second kappa shape index (κ2) is 5.46. The molecule has 0 aromatic carbocycles. The van der Waals surface area contributed by atoms with Crippen LogP contribution in [0.4, 0.5) is 0 Å². The lowest BCUT2D eigenvalue weighted by molar-refractivity contribution is 0.429. The summed E-state index contributed by atoms with van der Waals surface area (Å²) in [6.45, 7) is 4.68. The maximum absolute atomic E-state index is 5.43. The van der Waals surface area contributed by atoms with E-state index in [4.69, 9.17) is 10.8 Å². The van der Waals surface area contributed by atoms with Crippen molar-refractivity contribution in [1.29, 1.82) is 0 Å². The molecule has 0 fully saturated rings. The fraction of sp³-hybridized carbons (Fsp3) is 0.545. The summed E-state index contributed by atoms with van der Waals surface area (Å²) in [5.74, 6) is 4.28. The number of aryl methyl sites for hydroxylation is 1. The molecule has 1 heterocycles. The van der Waals surface area contributed by atoms with E-state index < -0.39 is 0 Å². The van der Waals surface area contributed by atoms with Crippen LogP contribution in [-0.4, -0.2) is 11.0 Å². The standard InChI is InChI=1S/C11H16N2O/c1-4-9(5-2)12-8-11-13-7-10(6-3)14-11/h1,7,9,12H,5-6,8H2,2-3H3. The Labute approximate surface area is 84.9 Å². The van der Waals surface area contributed by atoms with Crippen molar-refractivity contribution in [3.63, 3.8) is 0 Å². The Morgan fingerprint density at radius 3 is 2.93 bits per heavy atom. The Morgan fingerprint density at radius 1 is 1.64 bits per heavy atom. The van der Waals surface area contributed by atoms with Gasteiger partial charge in [-0.2, -0.15) is 0 Å². The number of terminal acetylenes is 1. The number of oxazole rings is 1. The molecule has 0 amide bonds. The van der Waals surface area contributed by atoms with Gasteiger partial charge in [-0.25, -0.2) is 4.98 Å². The lowest BCUT2D eigenvalue weighted by Gasteiger charge is -2.07. The van der Waals surface area contributed by atoms with Gasteiger partial charge in [0.1, 0.15) is 5.76 Å². The minimum atomic E-state index is 0.104. The molecule has 3 heteroatoms. The van der Waals surface area contributed by atoms with E-state index in [0.29, 0.717) is 12.4 Å². The predicted molar refractivity (Wildman–Crippen MR) is 55.6 cm³/mol. The first-order valence-electron chi connectivity index (χ1n) is 4.93. The molecule has 0 radical (unpaired) electrons. The Hall–Kier alpha value is -1.27. The Kier molecular flexibility index (Phi) is 4.21. The molecule has 1 rings (SSSR count). The Bertz CT molecular complexity index is 311. The molecular formula is C11H16N2O. The summed E-state index contributed by atoms with van der Waals surface area (Å²) in [6, 6.07) is 0.104. The van der Waals surface area contributed by atoms with Crippen LogP contribution in [0.15, 0.2) is 10.6 Å². The molecule has 0 spiro atoms. The fourth-order valence-electron chi connectivity index (χ4n) is 1.12. The van der Waals surface area contributed by atoms with Gasteiger partial charge in [-0.1, -0.05) is 19.8 Å². The van der Waals surface area contributed by atoms with Crippen LogP contribution in [0.2, 0.25) is 0 Å². The van der Waals surface area contributed by atoms with Crippen molar-refractivity contribution in [2.45, 2.75) is 39.3 Å². The molecule has 14 heavy (non-hydrogen) atoms. The number of hydrogen-bond donors (Lipinski definition) is 1. The minimum Gasteiger partial charge on any atom is -0.444 e. The third kappa shape index (κ3) is 2.90. The van der Waals surface area contributed by atoms with E-state index in [1.807, 2.05) is 13.8 Å². The average molecular weight is 192 g/mol. The molecule has 0 aliphatic rings. The summed E-state index contributed by atoms with van der Waals surface area (Å²) in [5, 5.41) is 3.18. The second-order valence-electron chi connectivity index (χ2n) is 3.08. The highest BCUT2D eigenvalue weighted by atomic mass is 16.4. The maximum Gasteiger partial charge on any atom is 0.208 e. The van der Waals surface area contributed by atoms with Crippen molar-refractivity contribution < 1.29 is 4.42 Å². The van der Waals surface area contributed by atoms with Gasteiger partial charge in [0.05, 0.1) is 18.8 Å². The van der Waals surface area contributed by atoms with Crippen LogP contribution in [0.1, 0.15) is 31.9 Å². The van der Waals surface area contributed by atoms with Crippen LogP contribution in [0.3, 0.4) is 0 Å². The number of hydrogen-bond acceptors (Lipinski definition) is 3. The molecule has 0 aliphatic heterocycles. The number of nitrogens with one attached hydrogen (secondary N) is 1. The monoisotopic (exact) mass is 192 g/mol. The third-order valence-corrected chi connectivity index (χ3v) is 2.06. The summed E-state index contributed by atoms with van der Waals surface area (Å²) >= 11 is 0. The highest BCUT2D eigenvalue weighted by molar-refractivity contribution is 4.99. The van der Waals surface area contributed by atoms with Gasteiger partial charge >= 0.3 is 0 Å². The van der Waals surface area contributed by atoms with E-state index >= 15 is 0 Å². The van der Waals surface area contributed by atoms with Crippen molar-refractivity contribution in [3.05, 3.63) is 17.8 Å². The molecule has 1 aromatic rings. The van der Waals surface area contributed by atoms with E-state index in [-0.39, 0.29) is 6.04 Å². The zero-order valence-corrected chi connectivity index (χ0v) is 8.71. The molecule has 0 saturated carbocycles. The maximum atomic E-state index is 5.43. The van der Waals surface area contributed by atoms with E-state index in [1.54, 1.807) is 6.20 Å². The van der Waals surface area contributed by atoms with Gasteiger partial charge in [0.25, 0.3) is 0 Å². The minimum absolute atomic E-state index is 0.104. The molecule has 1 N–H and O–H groups in total. The lowest BCUT2D eigenvalue weighted by atomic mass is 10.2. The highest BCUT2D eigenvalue weighted by Gasteiger charge is 2.04. The predicted octanol–water partition coefficient (Wildman–Crippen LogP) is 1.74. The third-order valence-electron chi connectivity index (χ3n) is 2.06. The van der Waals surface area contributed by atoms with Crippen molar-refractivity contribution in [3.8, 4) is 12.3 Å². The first-order valence-corrected chi connectivity index (χ1v) is 4.93. The highest BCUT2D eigenvalue weighted by Crippen LogP contribution is 2.04. The lowest BCUT2D eigenvalue weighted by Crippen LogP contribution is -2.26. The fourth-order valence-corrected chi connectivity index (χ4v) is 1.12. The van der Waals surface area contributed by atoms with Crippen LogP contribution in [0.25, 0.3) is 0 Å². The van der Waals surface area contributed by atoms with Gasteiger partial charge in [-0.3, -0.25) is 5.32 Å². The van der Waals surface area contributed by atoms with Gasteiger partial charge < -0.3 is 4.42 Å². The molecule has 1 atom stereocenters. The summed E-state index contributed by atoms with van der Waals surface area (Å²) < 4.78 is 5.43. The zero-order valence-electron chi connectivity index (χ0n) is 8.71. The van der Waals surface area contributed by atoms with Gasteiger partial charge in [0.2, 0.25) is 5.89 Å². The van der Waals surface area contributed by atoms with Gasteiger partial charge in [-0.15, -0.1) is 6.42 Å². The molecule has 0 bridgehead atoms.